The zero-order valence-electron chi connectivity index (χ0n) is 13.9. The molecule has 4 rings (SSSR count). The number of halogens is 1. The van der Waals surface area contributed by atoms with Crippen molar-refractivity contribution in [2.24, 2.45) is 7.05 Å². The Balaban J connectivity index is 1.93. The highest BCUT2D eigenvalue weighted by atomic mass is 35.5. The molecule has 5 nitrogen and oxygen atoms in total. The summed E-state index contributed by atoms with van der Waals surface area (Å²) in [6.45, 7) is 2.03. The van der Waals surface area contributed by atoms with Crippen LogP contribution >= 0.6 is 11.6 Å². The number of aryl methyl sites for hydroxylation is 2. The first-order valence-electron chi connectivity index (χ1n) is 7.95. The van der Waals surface area contributed by atoms with Crippen molar-refractivity contribution in [2.45, 2.75) is 13.0 Å². The van der Waals surface area contributed by atoms with Crippen LogP contribution in [0.3, 0.4) is 0 Å². The zero-order valence-corrected chi connectivity index (χ0v) is 14.6. The number of fused-ring (bicyclic) bond motifs is 1. The highest BCUT2D eigenvalue weighted by Gasteiger charge is 2.22. The zero-order chi connectivity index (χ0) is 17.6. The van der Waals surface area contributed by atoms with Gasteiger partial charge in [0.25, 0.3) is 0 Å². The van der Waals surface area contributed by atoms with E-state index in [0.29, 0.717) is 16.5 Å². The Morgan fingerprint density at radius 2 is 2.04 bits per heavy atom. The fourth-order valence-corrected chi connectivity index (χ4v) is 3.49. The smallest absolute Gasteiger partial charge is 0.154 e. The van der Waals surface area contributed by atoms with E-state index < -0.39 is 6.10 Å². The number of aliphatic hydroxyl groups excluding tert-OH is 1. The number of hydrogen-bond acceptors (Lipinski definition) is 3. The molecule has 2 aromatic carbocycles. The summed E-state index contributed by atoms with van der Waals surface area (Å²) in [7, 11) is 1.83. The molecule has 0 bridgehead atoms. The number of aromatic nitrogens is 4. The average Bonchev–Trinajstić information content (AvgIpc) is 3.21. The van der Waals surface area contributed by atoms with Gasteiger partial charge in [-0.15, -0.1) is 0 Å². The van der Waals surface area contributed by atoms with Crippen molar-refractivity contribution < 1.29 is 5.11 Å². The number of nitrogens with one attached hydrogen (secondary N) is 1. The van der Waals surface area contributed by atoms with Crippen LogP contribution in [0.25, 0.3) is 22.0 Å². The van der Waals surface area contributed by atoms with Crippen molar-refractivity contribution in [3.05, 3.63) is 70.9 Å². The minimum atomic E-state index is -0.869. The largest absolute Gasteiger partial charge is 0.379 e. The molecule has 2 aromatic heterocycles. The number of nitrogens with zero attached hydrogens (tertiary/aromatic N) is 3. The van der Waals surface area contributed by atoms with Crippen LogP contribution < -0.4 is 0 Å². The van der Waals surface area contributed by atoms with E-state index in [1.807, 2.05) is 50.4 Å². The lowest BCUT2D eigenvalue weighted by Gasteiger charge is -2.09. The van der Waals surface area contributed by atoms with Gasteiger partial charge >= 0.3 is 0 Å². The molecule has 4 aromatic rings. The van der Waals surface area contributed by atoms with Crippen LogP contribution in [0.2, 0.25) is 5.02 Å². The van der Waals surface area contributed by atoms with E-state index in [1.54, 1.807) is 17.1 Å². The van der Waals surface area contributed by atoms with Gasteiger partial charge in [-0.25, -0.2) is 4.98 Å². The Hall–Kier alpha value is -2.63. The van der Waals surface area contributed by atoms with Crippen molar-refractivity contribution in [1.29, 1.82) is 0 Å². The maximum absolute atomic E-state index is 10.7. The van der Waals surface area contributed by atoms with Gasteiger partial charge in [-0.3, -0.25) is 4.68 Å². The second-order valence-electron chi connectivity index (χ2n) is 6.05. The van der Waals surface area contributed by atoms with Gasteiger partial charge in [-0.1, -0.05) is 35.9 Å². The molecule has 0 aliphatic heterocycles. The summed E-state index contributed by atoms with van der Waals surface area (Å²) in [6, 6.07) is 11.8. The lowest BCUT2D eigenvalue weighted by atomic mass is 9.97. The van der Waals surface area contributed by atoms with Gasteiger partial charge < -0.3 is 10.1 Å². The summed E-state index contributed by atoms with van der Waals surface area (Å²) in [5.41, 5.74) is 4.72. The first-order valence-corrected chi connectivity index (χ1v) is 8.33. The van der Waals surface area contributed by atoms with E-state index in [9.17, 15) is 5.11 Å². The quantitative estimate of drug-likeness (QED) is 0.585. The van der Waals surface area contributed by atoms with Crippen LogP contribution in [-0.2, 0) is 7.05 Å². The van der Waals surface area contributed by atoms with Crippen LogP contribution in [-0.4, -0.2) is 24.9 Å². The topological polar surface area (TPSA) is 66.7 Å². The third-order valence-electron chi connectivity index (χ3n) is 4.43. The Kier molecular flexibility index (Phi) is 3.82. The molecule has 0 amide bonds. The summed E-state index contributed by atoms with van der Waals surface area (Å²) in [5, 5.41) is 17.0. The standard InChI is InChI=1S/C19H17ClN4O/c1-11-10-12(20)6-7-13(11)14-4-3-5-15-16(14)23-24(2)17(15)18(25)19-21-8-9-22-19/h3-10,18,25H,1-2H3,(H,21,22). The van der Waals surface area contributed by atoms with Crippen molar-refractivity contribution in [3.63, 3.8) is 0 Å². The summed E-state index contributed by atoms with van der Waals surface area (Å²) in [4.78, 5) is 7.13. The molecule has 0 fully saturated rings. The molecule has 0 saturated carbocycles. The Bertz CT molecular complexity index is 1050. The lowest BCUT2D eigenvalue weighted by molar-refractivity contribution is 0.202. The maximum atomic E-state index is 10.7. The number of benzene rings is 2. The van der Waals surface area contributed by atoms with Gasteiger partial charge in [0.2, 0.25) is 0 Å². The van der Waals surface area contributed by atoms with Crippen LogP contribution in [0, 0.1) is 6.92 Å². The second kappa shape index (κ2) is 6.02. The van der Waals surface area contributed by atoms with Gasteiger partial charge in [0.15, 0.2) is 6.10 Å². The predicted octanol–water partition coefficient (Wildman–Crippen LogP) is 4.01. The molecule has 126 valence electrons. The Labute approximate surface area is 149 Å². The van der Waals surface area contributed by atoms with E-state index in [0.717, 1.165) is 27.6 Å². The minimum absolute atomic E-state index is 0.498. The normalized spacial score (nSPS) is 12.6. The van der Waals surface area contributed by atoms with Crippen LogP contribution in [0.1, 0.15) is 23.2 Å². The molecule has 1 unspecified atom stereocenters. The molecule has 2 N–H and O–H groups in total. The maximum Gasteiger partial charge on any atom is 0.154 e. The average molecular weight is 353 g/mol. The van der Waals surface area contributed by atoms with Gasteiger partial charge in [-0.05, 0) is 30.2 Å². The van der Waals surface area contributed by atoms with Gasteiger partial charge in [0.1, 0.15) is 11.3 Å². The molecule has 25 heavy (non-hydrogen) atoms. The molecule has 0 aliphatic rings. The van der Waals surface area contributed by atoms with Crippen LogP contribution in [0.4, 0.5) is 0 Å². The van der Waals surface area contributed by atoms with E-state index in [2.05, 4.69) is 15.1 Å². The van der Waals surface area contributed by atoms with Crippen LogP contribution in [0.5, 0.6) is 0 Å². The second-order valence-corrected chi connectivity index (χ2v) is 6.48. The highest BCUT2D eigenvalue weighted by molar-refractivity contribution is 6.30. The molecule has 6 heteroatoms. The molecule has 0 radical (unpaired) electrons. The van der Waals surface area contributed by atoms with Gasteiger partial charge in [-0.2, -0.15) is 5.10 Å². The Morgan fingerprint density at radius 1 is 1.20 bits per heavy atom. The van der Waals surface area contributed by atoms with Crippen molar-refractivity contribution >= 4 is 22.5 Å². The first-order chi connectivity index (χ1) is 12.1. The summed E-state index contributed by atoms with van der Waals surface area (Å²) in [5.74, 6) is 0.498. The molecular weight excluding hydrogens is 336 g/mol. The molecule has 0 spiro atoms. The number of imidazole rings is 1. The van der Waals surface area contributed by atoms with E-state index >= 15 is 0 Å². The third kappa shape index (κ3) is 2.62. The van der Waals surface area contributed by atoms with Crippen molar-refractivity contribution in [1.82, 2.24) is 19.7 Å². The van der Waals surface area contributed by atoms with Gasteiger partial charge in [0, 0.05) is 35.4 Å². The highest BCUT2D eigenvalue weighted by Crippen LogP contribution is 2.35. The number of aliphatic hydroxyl groups is 1. The van der Waals surface area contributed by atoms with E-state index in [4.69, 9.17) is 11.6 Å². The van der Waals surface area contributed by atoms with E-state index in [-0.39, 0.29) is 0 Å². The molecule has 2 heterocycles. The fraction of sp³-hybridized carbons (Fsp3) is 0.158. The summed E-state index contributed by atoms with van der Waals surface area (Å²) in [6.07, 6.45) is 2.45. The number of rotatable bonds is 3. The fourth-order valence-electron chi connectivity index (χ4n) is 3.26. The monoisotopic (exact) mass is 352 g/mol. The summed E-state index contributed by atoms with van der Waals surface area (Å²) >= 11 is 6.09. The first kappa shape index (κ1) is 15.9. The molecular formula is C19H17ClN4O. The van der Waals surface area contributed by atoms with Crippen molar-refractivity contribution in [2.75, 3.05) is 0 Å². The molecule has 0 aliphatic carbocycles. The van der Waals surface area contributed by atoms with Crippen molar-refractivity contribution in [3.8, 4) is 11.1 Å². The number of aromatic amines is 1. The lowest BCUT2D eigenvalue weighted by Crippen LogP contribution is -2.08. The molecule has 1 atom stereocenters. The van der Waals surface area contributed by atoms with Crippen LogP contribution in [0.15, 0.2) is 48.8 Å². The summed E-state index contributed by atoms with van der Waals surface area (Å²) < 4.78 is 1.71. The molecule has 0 saturated heterocycles. The number of hydrogen-bond donors (Lipinski definition) is 2. The Morgan fingerprint density at radius 3 is 2.76 bits per heavy atom. The SMILES string of the molecule is Cc1cc(Cl)ccc1-c1cccc2c(C(O)c3ncc[nH]3)n(C)nc12. The third-order valence-corrected chi connectivity index (χ3v) is 4.66. The predicted molar refractivity (Wildman–Crippen MR) is 98.5 cm³/mol. The minimum Gasteiger partial charge on any atom is -0.379 e. The van der Waals surface area contributed by atoms with E-state index in [1.165, 1.54) is 0 Å². The number of H-pyrrole nitrogens is 1. The van der Waals surface area contributed by atoms with Gasteiger partial charge in [0.05, 0.1) is 5.69 Å².